The first-order chi connectivity index (χ1) is 9.31. The zero-order valence-corrected chi connectivity index (χ0v) is 12.4. The van der Waals surface area contributed by atoms with E-state index in [1.165, 1.54) is 31.4 Å². The Balaban J connectivity index is 2.08. The molecule has 1 atom stereocenters. The smallest absolute Gasteiger partial charge is 0.0578 e. The summed E-state index contributed by atoms with van der Waals surface area (Å²) in [6, 6.07) is 6.94. The van der Waals surface area contributed by atoms with Gasteiger partial charge >= 0.3 is 0 Å². The topological polar surface area (TPSA) is 28.2 Å². The van der Waals surface area contributed by atoms with Crippen LogP contribution in [0.25, 0.3) is 0 Å². The van der Waals surface area contributed by atoms with Gasteiger partial charge in [0.05, 0.1) is 11.7 Å². The molecule has 0 spiro atoms. The van der Waals surface area contributed by atoms with Gasteiger partial charge in [-0.05, 0) is 25.5 Å². The lowest BCUT2D eigenvalue weighted by Crippen LogP contribution is -2.45. The first-order valence-corrected chi connectivity index (χ1v) is 7.69. The maximum absolute atomic E-state index is 4.77. The molecule has 3 heteroatoms. The largest absolute Gasteiger partial charge is 0.314 e. The van der Waals surface area contributed by atoms with E-state index in [1.54, 1.807) is 0 Å². The summed E-state index contributed by atoms with van der Waals surface area (Å²) in [4.78, 5) is 7.37. The van der Waals surface area contributed by atoms with Gasteiger partial charge in [-0.2, -0.15) is 0 Å². The van der Waals surface area contributed by atoms with Gasteiger partial charge in [0.1, 0.15) is 0 Å². The lowest BCUT2D eigenvalue weighted by Gasteiger charge is -2.34. The van der Waals surface area contributed by atoms with Gasteiger partial charge in [-0.1, -0.05) is 32.3 Å². The second kappa shape index (κ2) is 7.61. The molecule has 0 unspecified atom stereocenters. The normalized spacial score (nSPS) is 18.4. The number of nitrogens with zero attached hydrogens (tertiary/aromatic N) is 2. The maximum Gasteiger partial charge on any atom is 0.0578 e. The third kappa shape index (κ3) is 4.29. The molecule has 2 rings (SSSR count). The first-order valence-electron chi connectivity index (χ1n) is 7.69. The number of pyridine rings is 1. The van der Waals surface area contributed by atoms with Gasteiger partial charge in [-0.15, -0.1) is 0 Å². The van der Waals surface area contributed by atoms with Gasteiger partial charge in [0.25, 0.3) is 0 Å². The Kier molecular flexibility index (Phi) is 5.80. The van der Waals surface area contributed by atoms with Gasteiger partial charge in [-0.3, -0.25) is 9.88 Å². The molecular weight excluding hydrogens is 234 g/mol. The summed E-state index contributed by atoms with van der Waals surface area (Å²) in [5.74, 6) is 0. The highest BCUT2D eigenvalue weighted by molar-refractivity contribution is 5.14. The van der Waals surface area contributed by atoms with Crippen LogP contribution in [0.3, 0.4) is 0 Å². The molecule has 0 radical (unpaired) electrons. The molecule has 1 fully saturated rings. The summed E-state index contributed by atoms with van der Waals surface area (Å²) in [7, 11) is 0. The summed E-state index contributed by atoms with van der Waals surface area (Å²) in [5, 5.41) is 3.44. The van der Waals surface area contributed by atoms with E-state index in [-0.39, 0.29) is 0 Å². The Bertz CT molecular complexity index is 372. The zero-order chi connectivity index (χ0) is 13.5. The Morgan fingerprint density at radius 1 is 1.26 bits per heavy atom. The summed E-state index contributed by atoms with van der Waals surface area (Å²) in [5.41, 5.74) is 2.39. The van der Waals surface area contributed by atoms with Gasteiger partial charge < -0.3 is 5.32 Å². The maximum atomic E-state index is 4.77. The molecule has 0 amide bonds. The van der Waals surface area contributed by atoms with E-state index in [1.807, 2.05) is 0 Å². The van der Waals surface area contributed by atoms with Crippen molar-refractivity contribution < 1.29 is 0 Å². The van der Waals surface area contributed by atoms with Gasteiger partial charge in [-0.25, -0.2) is 0 Å². The molecule has 2 heterocycles. The number of piperazine rings is 1. The van der Waals surface area contributed by atoms with Crippen molar-refractivity contribution in [2.45, 2.75) is 45.6 Å². The van der Waals surface area contributed by atoms with Crippen molar-refractivity contribution in [1.82, 2.24) is 15.2 Å². The van der Waals surface area contributed by atoms with Crippen LogP contribution >= 0.6 is 0 Å². The second-order valence-electron chi connectivity index (χ2n) is 5.50. The summed E-state index contributed by atoms with van der Waals surface area (Å²) in [6.07, 6.45) is 5.16. The molecule has 1 aliphatic rings. The van der Waals surface area contributed by atoms with E-state index in [2.05, 4.69) is 42.3 Å². The van der Waals surface area contributed by atoms with Crippen LogP contribution < -0.4 is 5.32 Å². The molecule has 1 aromatic rings. The van der Waals surface area contributed by atoms with E-state index < -0.39 is 0 Å². The fraction of sp³-hybridized carbons (Fsp3) is 0.688. The minimum absolute atomic E-state index is 0.508. The fourth-order valence-corrected chi connectivity index (χ4v) is 2.85. The zero-order valence-electron chi connectivity index (χ0n) is 12.4. The third-order valence-corrected chi connectivity index (χ3v) is 3.92. The molecule has 106 valence electrons. The first kappa shape index (κ1) is 14.5. The van der Waals surface area contributed by atoms with E-state index in [4.69, 9.17) is 4.98 Å². The van der Waals surface area contributed by atoms with Crippen molar-refractivity contribution in [1.29, 1.82) is 0 Å². The number of hydrogen-bond acceptors (Lipinski definition) is 3. The van der Waals surface area contributed by atoms with Crippen molar-refractivity contribution in [2.24, 2.45) is 0 Å². The SMILES string of the molecule is CCCCC[C@H](c1cccc(C)n1)N1CCNCC1. The summed E-state index contributed by atoms with van der Waals surface area (Å²) >= 11 is 0. The molecule has 0 saturated carbocycles. The van der Waals surface area contributed by atoms with Crippen LogP contribution in [0.15, 0.2) is 18.2 Å². The molecule has 0 aromatic carbocycles. The van der Waals surface area contributed by atoms with E-state index >= 15 is 0 Å². The van der Waals surface area contributed by atoms with Crippen LogP contribution in [0.2, 0.25) is 0 Å². The Labute approximate surface area is 117 Å². The molecular formula is C16H27N3. The summed E-state index contributed by atoms with van der Waals surface area (Å²) < 4.78 is 0. The predicted molar refractivity (Wildman–Crippen MR) is 80.3 cm³/mol. The molecule has 0 aliphatic carbocycles. The molecule has 1 aromatic heterocycles. The molecule has 0 bridgehead atoms. The molecule has 3 nitrogen and oxygen atoms in total. The highest BCUT2D eigenvalue weighted by Crippen LogP contribution is 2.25. The third-order valence-electron chi connectivity index (χ3n) is 3.92. The Morgan fingerprint density at radius 2 is 2.05 bits per heavy atom. The van der Waals surface area contributed by atoms with Crippen molar-refractivity contribution in [2.75, 3.05) is 26.2 Å². The number of hydrogen-bond donors (Lipinski definition) is 1. The van der Waals surface area contributed by atoms with Crippen molar-refractivity contribution >= 4 is 0 Å². The van der Waals surface area contributed by atoms with Gasteiger partial charge in [0.2, 0.25) is 0 Å². The summed E-state index contributed by atoms with van der Waals surface area (Å²) in [6.45, 7) is 8.86. The highest BCUT2D eigenvalue weighted by Gasteiger charge is 2.22. The second-order valence-corrected chi connectivity index (χ2v) is 5.50. The van der Waals surface area contributed by atoms with Crippen LogP contribution in [0.1, 0.15) is 50.0 Å². The van der Waals surface area contributed by atoms with Crippen LogP contribution in [0.4, 0.5) is 0 Å². The standard InChI is InChI=1S/C16H27N3/c1-3-4-5-9-16(19-12-10-17-11-13-19)15-8-6-7-14(2)18-15/h6-8,16-17H,3-5,9-13H2,1-2H3/t16-/m1/s1. The number of nitrogens with one attached hydrogen (secondary N) is 1. The minimum Gasteiger partial charge on any atom is -0.314 e. The lowest BCUT2D eigenvalue weighted by molar-refractivity contribution is 0.159. The number of rotatable bonds is 6. The van der Waals surface area contributed by atoms with Crippen LogP contribution in [0, 0.1) is 6.92 Å². The molecule has 1 N–H and O–H groups in total. The number of aromatic nitrogens is 1. The molecule has 19 heavy (non-hydrogen) atoms. The average molecular weight is 261 g/mol. The van der Waals surface area contributed by atoms with Crippen LogP contribution in [-0.4, -0.2) is 36.1 Å². The van der Waals surface area contributed by atoms with Crippen molar-refractivity contribution in [3.63, 3.8) is 0 Å². The average Bonchev–Trinajstić information content (AvgIpc) is 2.45. The number of unbranched alkanes of at least 4 members (excludes halogenated alkanes) is 2. The fourth-order valence-electron chi connectivity index (χ4n) is 2.85. The van der Waals surface area contributed by atoms with E-state index in [0.717, 1.165) is 31.9 Å². The van der Waals surface area contributed by atoms with Gasteiger partial charge in [0.15, 0.2) is 0 Å². The van der Waals surface area contributed by atoms with E-state index in [9.17, 15) is 0 Å². The van der Waals surface area contributed by atoms with E-state index in [0.29, 0.717) is 6.04 Å². The van der Waals surface area contributed by atoms with Crippen molar-refractivity contribution in [3.8, 4) is 0 Å². The van der Waals surface area contributed by atoms with Crippen LogP contribution in [-0.2, 0) is 0 Å². The quantitative estimate of drug-likeness (QED) is 0.798. The molecule has 1 saturated heterocycles. The van der Waals surface area contributed by atoms with Crippen LogP contribution in [0.5, 0.6) is 0 Å². The minimum atomic E-state index is 0.508. The lowest BCUT2D eigenvalue weighted by atomic mass is 10.0. The molecule has 1 aliphatic heterocycles. The van der Waals surface area contributed by atoms with Gasteiger partial charge in [0, 0.05) is 31.9 Å². The monoisotopic (exact) mass is 261 g/mol. The number of aryl methyl sites for hydroxylation is 1. The Hall–Kier alpha value is -0.930. The Morgan fingerprint density at radius 3 is 2.74 bits per heavy atom. The highest BCUT2D eigenvalue weighted by atomic mass is 15.2. The predicted octanol–water partition coefficient (Wildman–Crippen LogP) is 2.92. The van der Waals surface area contributed by atoms with Crippen molar-refractivity contribution in [3.05, 3.63) is 29.6 Å².